The largest absolute Gasteiger partial charge is 0.480 e. The van der Waals surface area contributed by atoms with Gasteiger partial charge in [0.25, 0.3) is 10.0 Å². The quantitative estimate of drug-likeness (QED) is 0.207. The number of sulfonamides is 1. The summed E-state index contributed by atoms with van der Waals surface area (Å²) in [4.78, 5) is 16.1. The number of aryl methyl sites for hydroxylation is 1. The standard InChI is InChI=1S/C24H24N6O4S/c1-29-21-12-11-18(30(15-23(31)32)35(33,34)19-5-3-2-4-6-19)13-20(21)28-22(29)14-27-17-9-7-16(8-10-17)24(25)26/h2-13,27H,14-15H2,1H3,(H3,25,26)(H,31,32). The molecule has 0 spiro atoms. The van der Waals surface area contributed by atoms with Crippen LogP contribution in [0.1, 0.15) is 11.4 Å². The van der Waals surface area contributed by atoms with E-state index in [0.29, 0.717) is 23.4 Å². The molecule has 0 aliphatic heterocycles. The van der Waals surface area contributed by atoms with E-state index in [9.17, 15) is 18.3 Å². The molecule has 11 heteroatoms. The van der Waals surface area contributed by atoms with Crippen LogP contribution in [0.15, 0.2) is 77.7 Å². The summed E-state index contributed by atoms with van der Waals surface area (Å²) in [6.45, 7) is -0.332. The molecule has 0 amide bonds. The number of nitrogens with zero attached hydrogens (tertiary/aromatic N) is 3. The number of aromatic nitrogens is 2. The number of carboxylic acid groups (broad SMARTS) is 1. The lowest BCUT2D eigenvalue weighted by molar-refractivity contribution is -0.135. The Kier molecular flexibility index (Phi) is 6.43. The second kappa shape index (κ2) is 9.47. The Morgan fingerprint density at radius 2 is 1.80 bits per heavy atom. The Morgan fingerprint density at radius 1 is 1.11 bits per heavy atom. The predicted molar refractivity (Wildman–Crippen MR) is 134 cm³/mol. The second-order valence-electron chi connectivity index (χ2n) is 7.82. The van der Waals surface area contributed by atoms with E-state index in [2.05, 4.69) is 10.3 Å². The number of carboxylic acids is 1. The minimum Gasteiger partial charge on any atom is -0.480 e. The van der Waals surface area contributed by atoms with Crippen LogP contribution in [0.25, 0.3) is 11.0 Å². The van der Waals surface area contributed by atoms with E-state index in [1.54, 1.807) is 48.5 Å². The molecular weight excluding hydrogens is 468 g/mol. The normalized spacial score (nSPS) is 11.3. The maximum Gasteiger partial charge on any atom is 0.324 e. The number of rotatable bonds is 9. The highest BCUT2D eigenvalue weighted by Crippen LogP contribution is 2.27. The molecule has 1 aromatic heterocycles. The molecule has 0 aliphatic rings. The number of nitrogens with one attached hydrogen (secondary N) is 2. The van der Waals surface area contributed by atoms with Crippen LogP contribution in [-0.4, -0.2) is 41.4 Å². The van der Waals surface area contributed by atoms with Gasteiger partial charge in [0.15, 0.2) is 0 Å². The van der Waals surface area contributed by atoms with Crippen LogP contribution in [-0.2, 0) is 28.4 Å². The van der Waals surface area contributed by atoms with E-state index in [4.69, 9.17) is 11.1 Å². The summed E-state index contributed by atoms with van der Waals surface area (Å²) in [5.41, 5.74) is 8.45. The van der Waals surface area contributed by atoms with Gasteiger partial charge >= 0.3 is 5.97 Å². The summed E-state index contributed by atoms with van der Waals surface area (Å²) >= 11 is 0. The monoisotopic (exact) mass is 492 g/mol. The zero-order valence-corrected chi connectivity index (χ0v) is 19.7. The van der Waals surface area contributed by atoms with Crippen molar-refractivity contribution in [2.75, 3.05) is 16.2 Å². The first-order valence-electron chi connectivity index (χ1n) is 10.6. The molecule has 0 saturated heterocycles. The predicted octanol–water partition coefficient (Wildman–Crippen LogP) is 2.75. The van der Waals surface area contributed by atoms with Gasteiger partial charge in [0, 0.05) is 18.3 Å². The van der Waals surface area contributed by atoms with Crippen LogP contribution in [0.4, 0.5) is 11.4 Å². The van der Waals surface area contributed by atoms with E-state index >= 15 is 0 Å². The molecule has 0 unspecified atom stereocenters. The van der Waals surface area contributed by atoms with Crippen molar-refractivity contribution in [2.45, 2.75) is 11.4 Å². The van der Waals surface area contributed by atoms with Gasteiger partial charge in [-0.3, -0.25) is 14.5 Å². The zero-order chi connectivity index (χ0) is 25.2. The molecule has 3 aromatic carbocycles. The molecule has 5 N–H and O–H groups in total. The smallest absolute Gasteiger partial charge is 0.324 e. The van der Waals surface area contributed by atoms with Gasteiger partial charge in [-0.15, -0.1) is 0 Å². The number of carbonyl (C=O) groups is 1. The Hall–Kier alpha value is -4.38. The summed E-state index contributed by atoms with van der Waals surface area (Å²) in [6, 6.07) is 19.7. The first-order chi connectivity index (χ1) is 16.7. The molecule has 0 aliphatic carbocycles. The fourth-order valence-corrected chi connectivity index (χ4v) is 5.08. The van der Waals surface area contributed by atoms with Gasteiger partial charge in [-0.1, -0.05) is 18.2 Å². The SMILES string of the molecule is Cn1c(CNc2ccc(C(=N)N)cc2)nc2cc(N(CC(=O)O)S(=O)(=O)c3ccccc3)ccc21. The highest BCUT2D eigenvalue weighted by molar-refractivity contribution is 7.92. The maximum atomic E-state index is 13.2. The molecule has 0 bridgehead atoms. The molecular formula is C24H24N6O4S. The van der Waals surface area contributed by atoms with Gasteiger partial charge < -0.3 is 20.7 Å². The molecule has 0 radical (unpaired) electrons. The van der Waals surface area contributed by atoms with Crippen LogP contribution >= 0.6 is 0 Å². The van der Waals surface area contributed by atoms with Gasteiger partial charge in [-0.2, -0.15) is 0 Å². The van der Waals surface area contributed by atoms with E-state index in [-0.39, 0.29) is 16.4 Å². The topological polar surface area (TPSA) is 154 Å². The van der Waals surface area contributed by atoms with Crippen LogP contribution in [0.5, 0.6) is 0 Å². The average molecular weight is 493 g/mol. The molecule has 1 heterocycles. The van der Waals surface area contributed by atoms with Gasteiger partial charge in [0.1, 0.15) is 18.2 Å². The van der Waals surface area contributed by atoms with Crippen molar-refractivity contribution in [2.24, 2.45) is 12.8 Å². The van der Waals surface area contributed by atoms with Gasteiger partial charge in [0.2, 0.25) is 0 Å². The second-order valence-corrected chi connectivity index (χ2v) is 9.69. The van der Waals surface area contributed by atoms with E-state index in [1.807, 2.05) is 23.7 Å². The van der Waals surface area contributed by atoms with Crippen molar-refractivity contribution in [3.8, 4) is 0 Å². The van der Waals surface area contributed by atoms with Gasteiger partial charge in [-0.25, -0.2) is 13.4 Å². The molecule has 10 nitrogen and oxygen atoms in total. The van der Waals surface area contributed by atoms with Crippen molar-refractivity contribution >= 4 is 44.2 Å². The van der Waals surface area contributed by atoms with Crippen molar-refractivity contribution in [3.05, 3.63) is 84.2 Å². The van der Waals surface area contributed by atoms with Crippen LogP contribution in [0.3, 0.4) is 0 Å². The molecule has 0 atom stereocenters. The molecule has 0 fully saturated rings. The number of imidazole rings is 1. The highest BCUT2D eigenvalue weighted by Gasteiger charge is 2.27. The van der Waals surface area contributed by atoms with E-state index < -0.39 is 22.5 Å². The molecule has 180 valence electrons. The maximum absolute atomic E-state index is 13.2. The number of amidine groups is 1. The van der Waals surface area contributed by atoms with Crippen LogP contribution in [0.2, 0.25) is 0 Å². The lowest BCUT2D eigenvalue weighted by Gasteiger charge is -2.22. The molecule has 4 rings (SSSR count). The molecule has 35 heavy (non-hydrogen) atoms. The fourth-order valence-electron chi connectivity index (χ4n) is 3.66. The van der Waals surface area contributed by atoms with Crippen molar-refractivity contribution < 1.29 is 18.3 Å². The minimum absolute atomic E-state index is 0.00282. The molecule has 0 saturated carbocycles. The number of aliphatic carboxylic acids is 1. The lowest BCUT2D eigenvalue weighted by Crippen LogP contribution is -2.35. The third-order valence-electron chi connectivity index (χ3n) is 5.50. The van der Waals surface area contributed by atoms with Crippen LogP contribution in [0, 0.1) is 5.41 Å². The summed E-state index contributed by atoms with van der Waals surface area (Å²) in [5.74, 6) is -0.580. The van der Waals surface area contributed by atoms with Gasteiger partial charge in [-0.05, 0) is 54.6 Å². The van der Waals surface area contributed by atoms with Crippen molar-refractivity contribution in [1.82, 2.24) is 9.55 Å². The number of hydrogen-bond acceptors (Lipinski definition) is 6. The van der Waals surface area contributed by atoms with Crippen LogP contribution < -0.4 is 15.4 Å². The Bertz CT molecular complexity index is 1500. The highest BCUT2D eigenvalue weighted by atomic mass is 32.2. The zero-order valence-electron chi connectivity index (χ0n) is 18.8. The van der Waals surface area contributed by atoms with Crippen molar-refractivity contribution in [1.29, 1.82) is 5.41 Å². The minimum atomic E-state index is -4.10. The first kappa shape index (κ1) is 23.8. The summed E-state index contributed by atoms with van der Waals surface area (Å²) in [5, 5.41) is 20.1. The number of hydrogen-bond donors (Lipinski definition) is 4. The Balaban J connectivity index is 1.64. The fraction of sp³-hybridized carbons (Fsp3) is 0.125. The Labute approximate surface area is 202 Å². The number of nitrogens with two attached hydrogens (primary N) is 1. The number of fused-ring (bicyclic) bond motifs is 1. The average Bonchev–Trinajstić information content (AvgIpc) is 3.16. The third-order valence-corrected chi connectivity index (χ3v) is 7.29. The van der Waals surface area contributed by atoms with E-state index in [1.165, 1.54) is 12.1 Å². The first-order valence-corrected chi connectivity index (χ1v) is 12.0. The lowest BCUT2D eigenvalue weighted by atomic mass is 10.2. The third kappa shape index (κ3) is 4.94. The summed E-state index contributed by atoms with van der Waals surface area (Å²) in [6.07, 6.45) is 0. The molecule has 4 aromatic rings. The van der Waals surface area contributed by atoms with Crippen molar-refractivity contribution in [3.63, 3.8) is 0 Å². The van der Waals surface area contributed by atoms with Gasteiger partial charge in [0.05, 0.1) is 28.2 Å². The Morgan fingerprint density at radius 3 is 2.43 bits per heavy atom. The number of nitrogen functional groups attached to an aromatic ring is 1. The van der Waals surface area contributed by atoms with E-state index in [0.717, 1.165) is 15.5 Å². The summed E-state index contributed by atoms with van der Waals surface area (Å²) < 4.78 is 29.2. The number of anilines is 2. The summed E-state index contributed by atoms with van der Waals surface area (Å²) in [7, 11) is -2.25. The number of benzene rings is 3.